The van der Waals surface area contributed by atoms with Crippen molar-refractivity contribution in [3.63, 3.8) is 0 Å². The Bertz CT molecular complexity index is 516. The Hall–Kier alpha value is -1.50. The predicted molar refractivity (Wildman–Crippen MR) is 83.0 cm³/mol. The second kappa shape index (κ2) is 7.18. The summed E-state index contributed by atoms with van der Waals surface area (Å²) in [7, 11) is 0. The molecule has 1 nitrogen and oxygen atoms in total. The van der Waals surface area contributed by atoms with E-state index in [9.17, 15) is 0 Å². The van der Waals surface area contributed by atoms with Gasteiger partial charge in [0.1, 0.15) is 5.75 Å². The van der Waals surface area contributed by atoms with E-state index in [1.54, 1.807) is 0 Å². The largest absolute Gasteiger partial charge is 0.493 e. The maximum Gasteiger partial charge on any atom is 0.127 e. The first-order chi connectivity index (χ1) is 9.36. The number of ether oxygens (including phenoxy) is 1. The van der Waals surface area contributed by atoms with Gasteiger partial charge >= 0.3 is 0 Å². The third kappa shape index (κ3) is 3.50. The van der Waals surface area contributed by atoms with E-state index >= 15 is 0 Å². The zero-order valence-corrected chi connectivity index (χ0v) is 12.1. The number of benzene rings is 2. The lowest BCUT2D eigenvalue weighted by molar-refractivity contribution is 0.313. The molecule has 19 heavy (non-hydrogen) atoms. The average Bonchev–Trinajstić information content (AvgIpc) is 2.46. The van der Waals surface area contributed by atoms with Gasteiger partial charge in [-0.25, -0.2) is 0 Å². The summed E-state index contributed by atoms with van der Waals surface area (Å²) in [6.45, 7) is 5.24. The number of aryl methyl sites for hydroxylation is 1. The van der Waals surface area contributed by atoms with Crippen molar-refractivity contribution in [1.82, 2.24) is 0 Å². The van der Waals surface area contributed by atoms with Gasteiger partial charge in [0, 0.05) is 5.39 Å². The van der Waals surface area contributed by atoms with Crippen molar-refractivity contribution in [3.05, 3.63) is 42.0 Å². The zero-order chi connectivity index (χ0) is 13.5. The molecule has 0 fully saturated rings. The lowest BCUT2D eigenvalue weighted by atomic mass is 9.99. The Labute approximate surface area is 116 Å². The van der Waals surface area contributed by atoms with Gasteiger partial charge in [-0.15, -0.1) is 0 Å². The Morgan fingerprint density at radius 1 is 0.842 bits per heavy atom. The van der Waals surface area contributed by atoms with Gasteiger partial charge in [0.2, 0.25) is 0 Å². The minimum atomic E-state index is 0.814. The highest BCUT2D eigenvalue weighted by molar-refractivity contribution is 5.91. The van der Waals surface area contributed by atoms with Gasteiger partial charge in [0.15, 0.2) is 0 Å². The lowest BCUT2D eigenvalue weighted by Gasteiger charge is -2.12. The van der Waals surface area contributed by atoms with Crippen molar-refractivity contribution in [2.24, 2.45) is 0 Å². The summed E-state index contributed by atoms with van der Waals surface area (Å²) in [6.07, 6.45) is 5.94. The summed E-state index contributed by atoms with van der Waals surface area (Å²) >= 11 is 0. The van der Waals surface area contributed by atoms with Crippen molar-refractivity contribution >= 4 is 10.8 Å². The Morgan fingerprint density at radius 3 is 2.32 bits per heavy atom. The fourth-order valence-electron chi connectivity index (χ4n) is 2.37. The second-order valence-corrected chi connectivity index (χ2v) is 5.07. The first-order valence-electron chi connectivity index (χ1n) is 7.50. The summed E-state index contributed by atoms with van der Waals surface area (Å²) in [6, 6.07) is 13.0. The maximum absolute atomic E-state index is 5.92. The molecular weight excluding hydrogens is 232 g/mol. The standard InChI is InChI=1S/C18H24O/c1-3-5-9-15-12-13-18(19-14-6-4-2)17-11-8-7-10-16(15)17/h7-8,10-13H,3-6,9,14H2,1-2H3. The van der Waals surface area contributed by atoms with Gasteiger partial charge in [-0.05, 0) is 36.3 Å². The second-order valence-electron chi connectivity index (χ2n) is 5.07. The van der Waals surface area contributed by atoms with E-state index in [-0.39, 0.29) is 0 Å². The van der Waals surface area contributed by atoms with E-state index in [1.165, 1.54) is 35.6 Å². The van der Waals surface area contributed by atoms with Crippen LogP contribution in [-0.4, -0.2) is 6.61 Å². The van der Waals surface area contributed by atoms with Gasteiger partial charge in [-0.1, -0.05) is 57.0 Å². The summed E-state index contributed by atoms with van der Waals surface area (Å²) in [5, 5.41) is 2.61. The van der Waals surface area contributed by atoms with E-state index in [1.807, 2.05) is 0 Å². The van der Waals surface area contributed by atoms with Crippen molar-refractivity contribution in [2.45, 2.75) is 46.0 Å². The summed E-state index contributed by atoms with van der Waals surface area (Å²) < 4.78 is 5.92. The number of rotatable bonds is 7. The minimum Gasteiger partial charge on any atom is -0.493 e. The van der Waals surface area contributed by atoms with Gasteiger partial charge in [-0.2, -0.15) is 0 Å². The molecule has 102 valence electrons. The minimum absolute atomic E-state index is 0.814. The number of fused-ring (bicyclic) bond motifs is 1. The monoisotopic (exact) mass is 256 g/mol. The Morgan fingerprint density at radius 2 is 1.58 bits per heavy atom. The molecule has 0 atom stereocenters. The van der Waals surface area contributed by atoms with Crippen LogP contribution in [0.1, 0.15) is 45.1 Å². The predicted octanol–water partition coefficient (Wildman–Crippen LogP) is 5.36. The summed E-state index contributed by atoms with van der Waals surface area (Å²) in [5.74, 6) is 1.03. The van der Waals surface area contributed by atoms with E-state index in [4.69, 9.17) is 4.74 Å². The van der Waals surface area contributed by atoms with Crippen molar-refractivity contribution in [1.29, 1.82) is 0 Å². The highest BCUT2D eigenvalue weighted by atomic mass is 16.5. The van der Waals surface area contributed by atoms with E-state index < -0.39 is 0 Å². The molecular formula is C18H24O. The van der Waals surface area contributed by atoms with Crippen LogP contribution in [0.4, 0.5) is 0 Å². The van der Waals surface area contributed by atoms with Gasteiger partial charge in [-0.3, -0.25) is 0 Å². The third-order valence-corrected chi connectivity index (χ3v) is 3.53. The molecule has 2 rings (SSSR count). The Balaban J connectivity index is 2.29. The van der Waals surface area contributed by atoms with Crippen LogP contribution < -0.4 is 4.74 Å². The van der Waals surface area contributed by atoms with Crippen LogP contribution in [0, 0.1) is 0 Å². The van der Waals surface area contributed by atoms with Crippen molar-refractivity contribution < 1.29 is 4.74 Å². The SMILES string of the molecule is CCCCOc1ccc(CCCC)c2ccccc12. The third-order valence-electron chi connectivity index (χ3n) is 3.53. The lowest BCUT2D eigenvalue weighted by Crippen LogP contribution is -1.98. The highest BCUT2D eigenvalue weighted by Crippen LogP contribution is 2.29. The quantitative estimate of drug-likeness (QED) is 0.606. The Kier molecular flexibility index (Phi) is 5.26. The van der Waals surface area contributed by atoms with Crippen LogP contribution >= 0.6 is 0 Å². The number of hydrogen-bond acceptors (Lipinski definition) is 1. The first-order valence-corrected chi connectivity index (χ1v) is 7.50. The topological polar surface area (TPSA) is 9.23 Å². The van der Waals surface area contributed by atoms with Crippen LogP contribution in [0.3, 0.4) is 0 Å². The fraction of sp³-hybridized carbons (Fsp3) is 0.444. The zero-order valence-electron chi connectivity index (χ0n) is 12.1. The normalized spacial score (nSPS) is 10.8. The molecule has 1 heteroatoms. The molecule has 0 radical (unpaired) electrons. The number of hydrogen-bond donors (Lipinski definition) is 0. The number of unbranched alkanes of at least 4 members (excludes halogenated alkanes) is 2. The molecule has 0 unspecified atom stereocenters. The molecule has 0 aliphatic carbocycles. The molecule has 0 aliphatic heterocycles. The van der Waals surface area contributed by atoms with Crippen LogP contribution in [0.25, 0.3) is 10.8 Å². The molecule has 0 bridgehead atoms. The maximum atomic E-state index is 5.92. The fourth-order valence-corrected chi connectivity index (χ4v) is 2.37. The summed E-state index contributed by atoms with van der Waals surface area (Å²) in [4.78, 5) is 0. The van der Waals surface area contributed by atoms with Crippen molar-refractivity contribution in [3.8, 4) is 5.75 Å². The molecule has 0 heterocycles. The van der Waals surface area contributed by atoms with E-state index in [0.717, 1.165) is 25.2 Å². The molecule has 2 aromatic carbocycles. The molecule has 0 aliphatic rings. The summed E-state index contributed by atoms with van der Waals surface area (Å²) in [5.41, 5.74) is 1.44. The molecule has 0 saturated carbocycles. The molecule has 0 spiro atoms. The molecule has 0 amide bonds. The van der Waals surface area contributed by atoms with Crippen molar-refractivity contribution in [2.75, 3.05) is 6.61 Å². The van der Waals surface area contributed by atoms with E-state index in [2.05, 4.69) is 50.2 Å². The van der Waals surface area contributed by atoms with Crippen LogP contribution in [0.15, 0.2) is 36.4 Å². The molecule has 0 saturated heterocycles. The molecule has 0 N–H and O–H groups in total. The highest BCUT2D eigenvalue weighted by Gasteiger charge is 2.06. The first kappa shape index (κ1) is 13.9. The average molecular weight is 256 g/mol. The van der Waals surface area contributed by atoms with Gasteiger partial charge < -0.3 is 4.74 Å². The van der Waals surface area contributed by atoms with Crippen LogP contribution in [0.5, 0.6) is 5.75 Å². The van der Waals surface area contributed by atoms with Gasteiger partial charge in [0.05, 0.1) is 6.61 Å². The van der Waals surface area contributed by atoms with Gasteiger partial charge in [0.25, 0.3) is 0 Å². The smallest absolute Gasteiger partial charge is 0.127 e. The van der Waals surface area contributed by atoms with Crippen LogP contribution in [-0.2, 0) is 6.42 Å². The molecule has 0 aromatic heterocycles. The van der Waals surface area contributed by atoms with E-state index in [0.29, 0.717) is 0 Å². The molecule has 2 aromatic rings. The van der Waals surface area contributed by atoms with Crippen LogP contribution in [0.2, 0.25) is 0 Å².